The van der Waals surface area contributed by atoms with E-state index >= 15 is 0 Å². The van der Waals surface area contributed by atoms with Gasteiger partial charge in [0.05, 0.1) is 107 Å². The number of imide groups is 1. The third-order valence-electron chi connectivity index (χ3n) is 22.9. The Hall–Kier alpha value is -5.42. The number of ether oxygens (including phenoxy) is 20. The van der Waals surface area contributed by atoms with Gasteiger partial charge in [-0.05, 0) is 141 Å². The third kappa shape index (κ3) is 84.5. The number of Topliss-reactive ketones (excluding diaryl/α,β-unsaturated/α-hetero) is 2. The van der Waals surface area contributed by atoms with Gasteiger partial charge in [-0.1, -0.05) is 144 Å². The van der Waals surface area contributed by atoms with Crippen molar-refractivity contribution in [1.29, 1.82) is 0 Å². The summed E-state index contributed by atoms with van der Waals surface area (Å²) in [7, 11) is 16.3. The fourth-order valence-electron chi connectivity index (χ4n) is 12.0. The third-order valence-corrected chi connectivity index (χ3v) is 22.9. The second-order valence-corrected chi connectivity index (χ2v) is 42.7. The molecule has 0 spiro atoms. The van der Waals surface area contributed by atoms with Crippen LogP contribution in [-0.4, -0.2) is 347 Å². The lowest BCUT2D eigenvalue weighted by Gasteiger charge is -2.25. The second-order valence-electron chi connectivity index (χ2n) is 42.7. The maximum Gasteiger partial charge on any atom is 0.311 e. The van der Waals surface area contributed by atoms with Crippen molar-refractivity contribution >= 4 is 59.0 Å². The van der Waals surface area contributed by atoms with Gasteiger partial charge >= 0.3 is 17.9 Å². The summed E-state index contributed by atoms with van der Waals surface area (Å²) in [5.41, 5.74) is -1.97. The monoisotopic (exact) mass is 2050 g/mol. The zero-order valence-corrected chi connectivity index (χ0v) is 95.4. The number of nitrogens with zero attached hydrogens (tertiary/aromatic N) is 1. The number of nitrogens with one attached hydrogen (secondary N) is 3. The highest BCUT2D eigenvalue weighted by Gasteiger charge is 2.44. The second kappa shape index (κ2) is 87.4. The molecule has 1 aliphatic rings. The van der Waals surface area contributed by atoms with Crippen LogP contribution in [0.2, 0.25) is 0 Å². The lowest BCUT2D eigenvalue weighted by molar-refractivity contribution is -0.159. The number of ketones is 2. The predicted octanol–water partition coefficient (Wildman–Crippen LogP) is 15.0. The number of methoxy groups -OCH3 is 10. The van der Waals surface area contributed by atoms with Crippen molar-refractivity contribution in [1.82, 2.24) is 20.9 Å². The Morgan fingerprint density at radius 2 is 0.662 bits per heavy atom. The van der Waals surface area contributed by atoms with Crippen molar-refractivity contribution in [2.75, 3.05) is 229 Å². The highest BCUT2D eigenvalue weighted by atomic mass is 16.6. The van der Waals surface area contributed by atoms with E-state index in [1.54, 1.807) is 71.1 Å². The number of amides is 5. The van der Waals surface area contributed by atoms with Gasteiger partial charge in [0.15, 0.2) is 0 Å². The van der Waals surface area contributed by atoms with E-state index in [-0.39, 0.29) is 167 Å². The van der Waals surface area contributed by atoms with Crippen molar-refractivity contribution in [3.05, 3.63) is 0 Å². The molecule has 5 amide bonds. The summed E-state index contributed by atoms with van der Waals surface area (Å²) >= 11 is 0. The van der Waals surface area contributed by atoms with Crippen LogP contribution in [0.15, 0.2) is 0 Å². The minimum Gasteiger partial charge on any atom is -0.465 e. The van der Waals surface area contributed by atoms with Gasteiger partial charge < -0.3 is 116 Å². The topological polar surface area (TPSA) is 415 Å². The maximum atomic E-state index is 12.3. The van der Waals surface area contributed by atoms with Crippen molar-refractivity contribution in [2.45, 2.75) is 350 Å². The van der Waals surface area contributed by atoms with E-state index in [0.717, 1.165) is 51.7 Å². The predicted molar refractivity (Wildman–Crippen MR) is 553 cm³/mol. The largest absolute Gasteiger partial charge is 0.465 e. The van der Waals surface area contributed by atoms with Gasteiger partial charge in [0.2, 0.25) is 29.5 Å². The highest BCUT2D eigenvalue weighted by Crippen LogP contribution is 2.36. The maximum absolute atomic E-state index is 12.3. The van der Waals surface area contributed by atoms with Crippen LogP contribution in [0.1, 0.15) is 301 Å². The first-order chi connectivity index (χ1) is 66.6. The minimum absolute atomic E-state index is 0.00805. The average molecular weight is 2050 g/mol. The molecule has 1 fully saturated rings. The van der Waals surface area contributed by atoms with Crippen LogP contribution in [0.5, 0.6) is 0 Å². The molecule has 1 saturated heterocycles. The number of aliphatic hydroxyl groups excluding tert-OH is 1. The number of hydrogen-bond donors (Lipinski definition) is 4. The molecule has 0 aromatic heterocycles. The van der Waals surface area contributed by atoms with Crippen LogP contribution >= 0.6 is 0 Å². The van der Waals surface area contributed by atoms with Gasteiger partial charge in [0.25, 0.3) is 0 Å². The van der Waals surface area contributed by atoms with Crippen LogP contribution in [0.4, 0.5) is 0 Å². The normalized spacial score (nSPS) is 15.3. The minimum atomic E-state index is -0.559. The molecule has 142 heavy (non-hydrogen) atoms. The summed E-state index contributed by atoms with van der Waals surface area (Å²) in [6.45, 7) is 58.7. The van der Waals surface area contributed by atoms with Gasteiger partial charge in [-0.15, -0.1) is 0 Å². The molecule has 4 N–H and O–H groups in total. The highest BCUT2D eigenvalue weighted by molar-refractivity contribution is 6.04. The quantitative estimate of drug-likeness (QED) is 0.0190. The Labute approximate surface area is 859 Å². The first kappa shape index (κ1) is 145. The fraction of sp³-hybridized carbons (Fsp3) is 0.907. The molecule has 0 saturated carbocycles. The molecule has 1 heterocycles. The first-order valence-corrected chi connectivity index (χ1v) is 51.7. The zero-order valence-electron chi connectivity index (χ0n) is 95.4. The number of esters is 3. The molecule has 1 aliphatic heterocycles. The molecule has 0 bridgehead atoms. The smallest absolute Gasteiger partial charge is 0.311 e. The lowest BCUT2D eigenvalue weighted by atomic mass is 9.80. The number of likely N-dealkylation sites (tertiary alicyclic amines) is 1. The van der Waals surface area contributed by atoms with E-state index < -0.39 is 11.5 Å². The number of hydrogen-bond acceptors (Lipinski definition) is 31. The van der Waals surface area contributed by atoms with E-state index in [1.807, 2.05) is 125 Å². The van der Waals surface area contributed by atoms with Crippen molar-refractivity contribution in [3.8, 4) is 0 Å². The molecule has 1 rings (SSSR count). The summed E-state index contributed by atoms with van der Waals surface area (Å²) in [5, 5.41) is 18.4. The molecule has 0 aromatic rings. The SMILES string of the molecule is CCC(C)COC(=O)C(C)(C)C.CCC(C)COCCCNC(=O)CCCC(=O)C(C)(C)C.CCC(C)COCCCNC(=O)CCN1C(=O)CC(C(C)(C)C)C1=O.COCC(CCOCC(COC(=O)C(C)(C)C)OCCC(COC)OC)OC.COCC(CCOCC(COCCCNC(=O)CCCC(=O)C(C)(C)C)OCCC(COC)OC)OC.COCC(COC(=O)CCCC(O)C(C)(C)C)OC. The van der Waals surface area contributed by atoms with Crippen molar-refractivity contribution in [2.24, 2.45) is 56.2 Å². The summed E-state index contributed by atoms with van der Waals surface area (Å²) < 4.78 is 108. The summed E-state index contributed by atoms with van der Waals surface area (Å²) in [6, 6.07) is 0. The zero-order chi connectivity index (χ0) is 109. The Bertz CT molecular complexity index is 3150. The molecule has 35 heteroatoms. The number of rotatable bonds is 75. The van der Waals surface area contributed by atoms with Crippen LogP contribution in [0, 0.1) is 56.2 Å². The molecule has 0 radical (unpaired) electrons. The molecule has 12 atom stereocenters. The van der Waals surface area contributed by atoms with Crippen LogP contribution in [0.25, 0.3) is 0 Å². The van der Waals surface area contributed by atoms with E-state index in [1.165, 1.54) is 4.90 Å². The van der Waals surface area contributed by atoms with E-state index in [9.17, 15) is 53.1 Å². The van der Waals surface area contributed by atoms with Gasteiger partial charge in [-0.25, -0.2) is 0 Å². The number of carbonyl (C=O) groups excluding carboxylic acids is 10. The van der Waals surface area contributed by atoms with E-state index in [2.05, 4.69) is 57.5 Å². The Morgan fingerprint density at radius 3 is 0.986 bits per heavy atom. The summed E-state index contributed by atoms with van der Waals surface area (Å²) in [4.78, 5) is 120. The van der Waals surface area contributed by atoms with Gasteiger partial charge in [-0.2, -0.15) is 0 Å². The lowest BCUT2D eigenvalue weighted by Crippen LogP contribution is -2.37. The molecule has 0 aliphatic carbocycles. The van der Waals surface area contributed by atoms with Gasteiger partial charge in [-0.3, -0.25) is 52.8 Å². The average Bonchev–Trinajstić information content (AvgIpc) is 1.66. The standard InChI is InChI=1S/C27H53NO9.C20H40O8.C19H34N2O4.C17H33NO3.C14H28O5.C10H20O2/c1-27(2,3)25(29)10-8-11-26(30)28-14-9-15-35-20-24(37-17-13-23(34-7)19-32-5)21-36-16-12-22(33-6)18-31-4;1-20(2,3)19(21)28-15-18(27-11-9-17(25-7)13-23-5)14-26-10-8-16(24-6)12-22-4;1-6-14(2)13-25-11-7-9-20-16(22)8-10-21-17(23)12-15(18(21)24)19(3,4)5;1-6-14(2)13-21-12-8-11-18-16(20)10-7-9-15(19)17(3,4)5;1-14(2,3)12(15)7-6-8-13(16)19-10-11(18-5)9-17-4;1-6-8(2)7-12-9(11)10(3,4)5/h22-24H,8-21H2,1-7H3,(H,28,30);16-18H,8-15H2,1-7H3;14-15H,6-13H2,1-5H3,(H,20,22);14H,6-13H2,1-5H3,(H,18,20);11-12,15H,6-10H2,1-5H3;8H,6-7H2,1-5H3. The molecule has 0 aromatic carbocycles. The van der Waals surface area contributed by atoms with Crippen LogP contribution < -0.4 is 16.0 Å². The molecule has 12 unspecified atom stereocenters. The fourth-order valence-corrected chi connectivity index (χ4v) is 12.0. The summed E-state index contributed by atoms with van der Waals surface area (Å²) in [6.07, 6.45) is 11.9. The first-order valence-electron chi connectivity index (χ1n) is 51.7. The van der Waals surface area contributed by atoms with Crippen molar-refractivity contribution in [3.63, 3.8) is 0 Å². The van der Waals surface area contributed by atoms with Gasteiger partial charge in [0.1, 0.15) is 43.1 Å². The van der Waals surface area contributed by atoms with E-state index in [0.29, 0.717) is 227 Å². The number of carbonyl (C=O) groups is 10. The summed E-state index contributed by atoms with van der Waals surface area (Å²) in [5.74, 6) is 0.622. The van der Waals surface area contributed by atoms with Crippen molar-refractivity contribution < 1.29 is 148 Å². The Kier molecular flexibility index (Phi) is 89.3. The molecule has 35 nitrogen and oxygen atoms in total. The van der Waals surface area contributed by atoms with Crippen LogP contribution in [0.3, 0.4) is 0 Å². The van der Waals surface area contributed by atoms with E-state index in [4.69, 9.17) is 94.7 Å². The Morgan fingerprint density at radius 1 is 0.345 bits per heavy atom. The molecular weight excluding hydrogens is 1840 g/mol. The van der Waals surface area contributed by atoms with Crippen LogP contribution in [-0.2, 0) is 143 Å². The Balaban J connectivity index is -0.000000543. The number of aliphatic hydroxyl groups is 1. The molecular formula is C107H208N4O31. The van der Waals surface area contributed by atoms with Gasteiger partial charge in [0, 0.05) is 213 Å². The molecule has 842 valence electrons.